The highest BCUT2D eigenvalue weighted by Crippen LogP contribution is 2.24. The van der Waals surface area contributed by atoms with Crippen molar-refractivity contribution < 1.29 is 0 Å². The molecule has 0 bridgehead atoms. The van der Waals surface area contributed by atoms with E-state index in [0.29, 0.717) is 6.04 Å². The lowest BCUT2D eigenvalue weighted by molar-refractivity contribution is 0.602. The number of likely N-dealkylation sites (N-methyl/N-ethyl adjacent to an activating group) is 1. The minimum absolute atomic E-state index is 0.337. The van der Waals surface area contributed by atoms with Gasteiger partial charge in [0.05, 0.1) is 10.6 Å². The first-order valence-electron chi connectivity index (χ1n) is 4.79. The van der Waals surface area contributed by atoms with E-state index >= 15 is 0 Å². The van der Waals surface area contributed by atoms with Gasteiger partial charge < -0.3 is 5.32 Å². The van der Waals surface area contributed by atoms with Gasteiger partial charge in [0, 0.05) is 17.3 Å². The summed E-state index contributed by atoms with van der Waals surface area (Å²) in [7, 11) is 1.98. The van der Waals surface area contributed by atoms with Crippen molar-refractivity contribution in [2.45, 2.75) is 19.4 Å². The summed E-state index contributed by atoms with van der Waals surface area (Å²) in [4.78, 5) is 2.63. The van der Waals surface area contributed by atoms with Crippen LogP contribution in [0.4, 0.5) is 0 Å². The zero-order valence-corrected chi connectivity index (χ0v) is 10.4. The van der Waals surface area contributed by atoms with Gasteiger partial charge >= 0.3 is 0 Å². The van der Waals surface area contributed by atoms with Gasteiger partial charge in [0.1, 0.15) is 0 Å². The maximum atomic E-state index is 4.05. The molecule has 80 valence electrons. The van der Waals surface area contributed by atoms with Crippen molar-refractivity contribution in [3.8, 4) is 0 Å². The van der Waals surface area contributed by atoms with Gasteiger partial charge in [-0.3, -0.25) is 0 Å². The van der Waals surface area contributed by atoms with E-state index in [1.54, 1.807) is 11.3 Å². The summed E-state index contributed by atoms with van der Waals surface area (Å²) in [6, 6.07) is 4.59. The van der Waals surface area contributed by atoms with E-state index < -0.39 is 0 Å². The summed E-state index contributed by atoms with van der Waals surface area (Å²) < 4.78 is 3.97. The highest BCUT2D eigenvalue weighted by Gasteiger charge is 2.16. The molecule has 2 rings (SSSR count). The molecular formula is C10H13N3S2. The van der Waals surface area contributed by atoms with Crippen LogP contribution in [-0.2, 0) is 6.42 Å². The maximum absolute atomic E-state index is 4.05. The molecule has 0 aromatic carbocycles. The van der Waals surface area contributed by atoms with Crippen LogP contribution in [0.3, 0.4) is 0 Å². The van der Waals surface area contributed by atoms with Crippen LogP contribution in [0.5, 0.6) is 0 Å². The van der Waals surface area contributed by atoms with Crippen LogP contribution >= 0.6 is 22.9 Å². The highest BCUT2D eigenvalue weighted by molar-refractivity contribution is 7.10. The van der Waals surface area contributed by atoms with Crippen LogP contribution in [0.1, 0.15) is 21.5 Å². The molecule has 2 aromatic heterocycles. The van der Waals surface area contributed by atoms with Crippen LogP contribution < -0.4 is 5.32 Å². The summed E-state index contributed by atoms with van der Waals surface area (Å²) in [5, 5.41) is 9.48. The second kappa shape index (κ2) is 4.83. The Hall–Kier alpha value is -0.780. The predicted octanol–water partition coefficient (Wildman–Crippen LogP) is 2.41. The average Bonchev–Trinajstić information content (AvgIpc) is 2.85. The molecule has 0 aliphatic carbocycles. The van der Waals surface area contributed by atoms with Crippen molar-refractivity contribution in [2.75, 3.05) is 7.05 Å². The van der Waals surface area contributed by atoms with E-state index in [0.717, 1.165) is 12.1 Å². The standard InChI is InChI=1S/C10H13N3S2/c1-7-10(15-13-12-7)9(11-2)6-8-4-3-5-14-8/h3-5,9,11H,6H2,1-2H3. The topological polar surface area (TPSA) is 37.8 Å². The minimum Gasteiger partial charge on any atom is -0.312 e. The summed E-state index contributed by atoms with van der Waals surface area (Å²) in [6.45, 7) is 2.01. The van der Waals surface area contributed by atoms with Crippen molar-refractivity contribution in [1.29, 1.82) is 0 Å². The first-order valence-corrected chi connectivity index (χ1v) is 6.45. The lowest BCUT2D eigenvalue weighted by Gasteiger charge is -2.13. The van der Waals surface area contributed by atoms with Crippen LogP contribution in [0, 0.1) is 6.92 Å². The second-order valence-electron chi connectivity index (χ2n) is 3.35. The quantitative estimate of drug-likeness (QED) is 0.890. The number of rotatable bonds is 4. The summed E-state index contributed by atoms with van der Waals surface area (Å²) in [6.07, 6.45) is 1.01. The Balaban J connectivity index is 2.15. The normalized spacial score (nSPS) is 12.9. The summed E-state index contributed by atoms with van der Waals surface area (Å²) >= 11 is 3.28. The molecule has 0 saturated heterocycles. The summed E-state index contributed by atoms with van der Waals surface area (Å²) in [5.41, 5.74) is 1.04. The Labute approximate surface area is 97.3 Å². The van der Waals surface area contributed by atoms with Crippen LogP contribution in [0.2, 0.25) is 0 Å². The van der Waals surface area contributed by atoms with E-state index in [-0.39, 0.29) is 0 Å². The van der Waals surface area contributed by atoms with E-state index in [4.69, 9.17) is 0 Å². The molecule has 2 heterocycles. The molecule has 0 amide bonds. The number of nitrogens with zero attached hydrogens (tertiary/aromatic N) is 2. The SMILES string of the molecule is CNC(Cc1cccs1)c1snnc1C. The Kier molecular flexibility index (Phi) is 3.45. The number of hydrogen-bond acceptors (Lipinski definition) is 5. The van der Waals surface area contributed by atoms with Gasteiger partial charge in [0.2, 0.25) is 0 Å². The molecule has 0 radical (unpaired) electrons. The Morgan fingerprint density at radius 3 is 2.93 bits per heavy atom. The van der Waals surface area contributed by atoms with E-state index in [9.17, 15) is 0 Å². The third-order valence-electron chi connectivity index (χ3n) is 2.34. The largest absolute Gasteiger partial charge is 0.312 e. The Bertz CT molecular complexity index is 408. The molecule has 5 heteroatoms. The fourth-order valence-corrected chi connectivity index (χ4v) is 3.02. The average molecular weight is 239 g/mol. The summed E-state index contributed by atoms with van der Waals surface area (Å²) in [5.74, 6) is 0. The zero-order valence-electron chi connectivity index (χ0n) is 8.73. The number of aryl methyl sites for hydroxylation is 1. The second-order valence-corrected chi connectivity index (χ2v) is 5.17. The van der Waals surface area contributed by atoms with Crippen molar-refractivity contribution >= 4 is 22.9 Å². The molecule has 3 nitrogen and oxygen atoms in total. The number of aromatic nitrogens is 2. The number of thiophene rings is 1. The van der Waals surface area contributed by atoms with Crippen molar-refractivity contribution in [3.05, 3.63) is 33.0 Å². The zero-order chi connectivity index (χ0) is 10.7. The molecule has 0 aliphatic heterocycles. The van der Waals surface area contributed by atoms with Crippen LogP contribution in [-0.4, -0.2) is 16.6 Å². The lowest BCUT2D eigenvalue weighted by atomic mass is 10.1. The monoisotopic (exact) mass is 239 g/mol. The molecule has 1 unspecified atom stereocenters. The van der Waals surface area contributed by atoms with Gasteiger partial charge in [-0.25, -0.2) is 0 Å². The fourth-order valence-electron chi connectivity index (χ4n) is 1.51. The number of nitrogens with one attached hydrogen (secondary N) is 1. The molecule has 1 atom stereocenters. The van der Waals surface area contributed by atoms with Crippen molar-refractivity contribution in [2.24, 2.45) is 0 Å². The third kappa shape index (κ3) is 2.42. The minimum atomic E-state index is 0.337. The van der Waals surface area contributed by atoms with Crippen LogP contribution in [0.15, 0.2) is 17.5 Å². The van der Waals surface area contributed by atoms with Crippen LogP contribution in [0.25, 0.3) is 0 Å². The molecule has 0 aliphatic rings. The fraction of sp³-hybridized carbons (Fsp3) is 0.400. The van der Waals surface area contributed by atoms with E-state index in [1.807, 2.05) is 14.0 Å². The van der Waals surface area contributed by atoms with E-state index in [1.165, 1.54) is 21.3 Å². The van der Waals surface area contributed by atoms with Gasteiger partial charge in [-0.05, 0) is 37.0 Å². The molecule has 0 spiro atoms. The molecule has 2 aromatic rings. The third-order valence-corrected chi connectivity index (χ3v) is 4.18. The van der Waals surface area contributed by atoms with Gasteiger partial charge in [0.15, 0.2) is 0 Å². The molecule has 0 fully saturated rings. The number of hydrogen-bond donors (Lipinski definition) is 1. The Morgan fingerprint density at radius 1 is 1.53 bits per heavy atom. The molecule has 1 N–H and O–H groups in total. The first kappa shape index (κ1) is 10.7. The predicted molar refractivity (Wildman–Crippen MR) is 64.5 cm³/mol. The van der Waals surface area contributed by atoms with Crippen molar-refractivity contribution in [3.63, 3.8) is 0 Å². The van der Waals surface area contributed by atoms with Gasteiger partial charge in [-0.1, -0.05) is 10.6 Å². The first-order chi connectivity index (χ1) is 7.31. The Morgan fingerprint density at radius 2 is 2.40 bits per heavy atom. The molecule has 0 saturated carbocycles. The lowest BCUT2D eigenvalue weighted by Crippen LogP contribution is -2.18. The van der Waals surface area contributed by atoms with Gasteiger partial charge in [0.25, 0.3) is 0 Å². The maximum Gasteiger partial charge on any atom is 0.0772 e. The van der Waals surface area contributed by atoms with Gasteiger partial charge in [-0.2, -0.15) is 0 Å². The van der Waals surface area contributed by atoms with Crippen molar-refractivity contribution in [1.82, 2.24) is 14.9 Å². The van der Waals surface area contributed by atoms with Gasteiger partial charge in [-0.15, -0.1) is 16.4 Å². The smallest absolute Gasteiger partial charge is 0.0772 e. The highest BCUT2D eigenvalue weighted by atomic mass is 32.1. The van der Waals surface area contributed by atoms with E-state index in [2.05, 4.69) is 32.4 Å². The molecule has 15 heavy (non-hydrogen) atoms. The molecular weight excluding hydrogens is 226 g/mol.